The predicted octanol–water partition coefficient (Wildman–Crippen LogP) is 3.91. The Morgan fingerprint density at radius 3 is 2.57 bits per heavy atom. The van der Waals surface area contributed by atoms with Crippen LogP contribution in [0.15, 0.2) is 0 Å². The average Bonchev–Trinajstić information content (AvgIpc) is 2.46. The number of hydrogen-bond donors (Lipinski definition) is 2. The molecule has 134 valence electrons. The molecule has 3 rings (SSSR count). The van der Waals surface area contributed by atoms with Gasteiger partial charge in [-0.05, 0) is 63.7 Å². The van der Waals surface area contributed by atoms with E-state index in [0.29, 0.717) is 17.8 Å². The van der Waals surface area contributed by atoms with Crippen molar-refractivity contribution in [1.82, 2.24) is 0 Å². The van der Waals surface area contributed by atoms with Crippen LogP contribution in [0.2, 0.25) is 0 Å². The molecule has 1 aliphatic heterocycles. The molecule has 3 aliphatic rings. The second-order valence-electron chi connectivity index (χ2n) is 8.97. The van der Waals surface area contributed by atoms with Gasteiger partial charge in [0.2, 0.25) is 0 Å². The lowest BCUT2D eigenvalue weighted by Crippen LogP contribution is -2.60. The molecule has 7 atom stereocenters. The lowest BCUT2D eigenvalue weighted by molar-refractivity contribution is -0.245. The molecular formula is C20H36O3. The van der Waals surface area contributed by atoms with Crippen LogP contribution in [0, 0.1) is 23.7 Å². The molecule has 2 aliphatic carbocycles. The molecule has 1 saturated heterocycles. The highest BCUT2D eigenvalue weighted by Crippen LogP contribution is 2.53. The van der Waals surface area contributed by atoms with Crippen LogP contribution in [-0.2, 0) is 4.74 Å². The second kappa shape index (κ2) is 7.01. The average molecular weight is 325 g/mol. The molecule has 0 aromatic carbocycles. The number of aliphatic hydroxyl groups excluding tert-OH is 2. The lowest BCUT2D eigenvalue weighted by atomic mass is 9.58. The van der Waals surface area contributed by atoms with Crippen LogP contribution in [0.3, 0.4) is 0 Å². The van der Waals surface area contributed by atoms with Gasteiger partial charge in [-0.3, -0.25) is 0 Å². The van der Waals surface area contributed by atoms with Crippen molar-refractivity contribution in [2.45, 2.75) is 102 Å². The van der Waals surface area contributed by atoms with Gasteiger partial charge in [0.1, 0.15) is 0 Å². The SMILES string of the molecule is CCCCCC1CC(O)C2C(C1)OC(C)(C)C1CCC(O)CC21. The Kier molecular flexibility index (Phi) is 5.40. The number of aliphatic hydroxyl groups is 2. The first-order valence-corrected chi connectivity index (χ1v) is 9.96. The molecule has 1 heterocycles. The van der Waals surface area contributed by atoms with Gasteiger partial charge in [-0.25, -0.2) is 0 Å². The van der Waals surface area contributed by atoms with Gasteiger partial charge >= 0.3 is 0 Å². The summed E-state index contributed by atoms with van der Waals surface area (Å²) in [5, 5.41) is 21.0. The first-order chi connectivity index (χ1) is 10.9. The van der Waals surface area contributed by atoms with Crippen molar-refractivity contribution < 1.29 is 14.9 Å². The molecule has 23 heavy (non-hydrogen) atoms. The Bertz CT molecular complexity index is 394. The highest BCUT2D eigenvalue weighted by atomic mass is 16.5. The molecular weight excluding hydrogens is 288 g/mol. The number of unbranched alkanes of at least 4 members (excludes halogenated alkanes) is 2. The normalized spacial score (nSPS) is 46.0. The molecule has 2 saturated carbocycles. The van der Waals surface area contributed by atoms with Gasteiger partial charge in [0, 0.05) is 5.92 Å². The largest absolute Gasteiger partial charge is 0.393 e. The van der Waals surface area contributed by atoms with Crippen molar-refractivity contribution in [3.8, 4) is 0 Å². The number of hydrogen-bond acceptors (Lipinski definition) is 3. The molecule has 0 radical (unpaired) electrons. The topological polar surface area (TPSA) is 49.7 Å². The predicted molar refractivity (Wildman–Crippen MR) is 92.2 cm³/mol. The number of rotatable bonds is 4. The van der Waals surface area contributed by atoms with Gasteiger partial charge in [0.25, 0.3) is 0 Å². The fourth-order valence-corrected chi connectivity index (χ4v) is 5.88. The molecule has 3 nitrogen and oxygen atoms in total. The molecule has 0 aromatic rings. The Labute approximate surface area is 141 Å². The molecule has 7 unspecified atom stereocenters. The van der Waals surface area contributed by atoms with Crippen LogP contribution in [0.5, 0.6) is 0 Å². The zero-order chi connectivity index (χ0) is 16.6. The number of ether oxygens (including phenoxy) is 1. The van der Waals surface area contributed by atoms with Crippen LogP contribution < -0.4 is 0 Å². The van der Waals surface area contributed by atoms with Gasteiger partial charge in [-0.2, -0.15) is 0 Å². The molecule has 0 aromatic heterocycles. The van der Waals surface area contributed by atoms with Crippen LogP contribution in [0.4, 0.5) is 0 Å². The van der Waals surface area contributed by atoms with E-state index in [9.17, 15) is 10.2 Å². The summed E-state index contributed by atoms with van der Waals surface area (Å²) in [6.07, 6.45) is 9.65. The second-order valence-corrected chi connectivity index (χ2v) is 8.97. The van der Waals surface area contributed by atoms with Crippen LogP contribution in [-0.4, -0.2) is 34.1 Å². The van der Waals surface area contributed by atoms with E-state index < -0.39 is 0 Å². The summed E-state index contributed by atoms with van der Waals surface area (Å²) in [6.45, 7) is 6.70. The summed E-state index contributed by atoms with van der Waals surface area (Å²) in [6, 6.07) is 0. The van der Waals surface area contributed by atoms with Crippen LogP contribution in [0.1, 0.15) is 78.6 Å². The van der Waals surface area contributed by atoms with E-state index in [-0.39, 0.29) is 29.8 Å². The highest BCUT2D eigenvalue weighted by Gasteiger charge is 2.55. The van der Waals surface area contributed by atoms with Gasteiger partial charge in [0.05, 0.1) is 23.9 Å². The lowest BCUT2D eigenvalue weighted by Gasteiger charge is -2.57. The van der Waals surface area contributed by atoms with Gasteiger partial charge in [-0.15, -0.1) is 0 Å². The Morgan fingerprint density at radius 1 is 1.04 bits per heavy atom. The van der Waals surface area contributed by atoms with E-state index in [1.54, 1.807) is 0 Å². The third-order valence-corrected chi connectivity index (χ3v) is 6.94. The highest BCUT2D eigenvalue weighted by molar-refractivity contribution is 5.03. The van der Waals surface area contributed by atoms with E-state index >= 15 is 0 Å². The van der Waals surface area contributed by atoms with Crippen molar-refractivity contribution in [1.29, 1.82) is 0 Å². The third-order valence-electron chi connectivity index (χ3n) is 6.94. The van der Waals surface area contributed by atoms with Crippen LogP contribution in [0.25, 0.3) is 0 Å². The molecule has 3 fully saturated rings. The summed E-state index contributed by atoms with van der Waals surface area (Å²) >= 11 is 0. The summed E-state index contributed by atoms with van der Waals surface area (Å²) in [5.74, 6) is 1.77. The smallest absolute Gasteiger partial charge is 0.0661 e. The first-order valence-electron chi connectivity index (χ1n) is 9.96. The van der Waals surface area contributed by atoms with Crippen molar-refractivity contribution in [3.63, 3.8) is 0 Å². The van der Waals surface area contributed by atoms with Gasteiger partial charge in [-0.1, -0.05) is 32.6 Å². The molecule has 0 bridgehead atoms. The van der Waals surface area contributed by atoms with Crippen molar-refractivity contribution in [3.05, 3.63) is 0 Å². The van der Waals surface area contributed by atoms with Crippen molar-refractivity contribution >= 4 is 0 Å². The maximum atomic E-state index is 10.9. The summed E-state index contributed by atoms with van der Waals surface area (Å²) in [4.78, 5) is 0. The van der Waals surface area contributed by atoms with E-state index in [2.05, 4.69) is 20.8 Å². The minimum Gasteiger partial charge on any atom is -0.393 e. The summed E-state index contributed by atoms with van der Waals surface area (Å²) < 4.78 is 6.55. The zero-order valence-corrected chi connectivity index (χ0v) is 15.2. The monoisotopic (exact) mass is 324 g/mol. The summed E-state index contributed by atoms with van der Waals surface area (Å²) in [5.41, 5.74) is -0.114. The minimum atomic E-state index is -0.241. The van der Waals surface area contributed by atoms with Crippen molar-refractivity contribution in [2.24, 2.45) is 23.7 Å². The Hall–Kier alpha value is -0.120. The standard InChI is InChI=1S/C20H36O3/c1-4-5-6-7-13-10-17(22)19-15-12-14(21)8-9-16(15)20(2,3)23-18(19)11-13/h13-19,21-22H,4-12H2,1-3H3. The van der Waals surface area contributed by atoms with E-state index in [1.165, 1.54) is 25.7 Å². The van der Waals surface area contributed by atoms with E-state index in [0.717, 1.165) is 32.1 Å². The first kappa shape index (κ1) is 17.7. The van der Waals surface area contributed by atoms with Crippen LogP contribution >= 0.6 is 0 Å². The van der Waals surface area contributed by atoms with E-state index in [4.69, 9.17) is 4.74 Å². The zero-order valence-electron chi connectivity index (χ0n) is 15.2. The fourth-order valence-electron chi connectivity index (χ4n) is 5.88. The Balaban J connectivity index is 1.72. The van der Waals surface area contributed by atoms with Crippen molar-refractivity contribution in [2.75, 3.05) is 0 Å². The molecule has 3 heteroatoms. The fraction of sp³-hybridized carbons (Fsp3) is 1.00. The maximum Gasteiger partial charge on any atom is 0.0661 e. The minimum absolute atomic E-state index is 0.114. The van der Waals surface area contributed by atoms with Gasteiger partial charge < -0.3 is 14.9 Å². The maximum absolute atomic E-state index is 10.9. The quantitative estimate of drug-likeness (QED) is 0.771. The van der Waals surface area contributed by atoms with E-state index in [1.807, 2.05) is 0 Å². The summed E-state index contributed by atoms with van der Waals surface area (Å²) in [7, 11) is 0. The molecule has 0 spiro atoms. The Morgan fingerprint density at radius 2 is 1.83 bits per heavy atom. The third kappa shape index (κ3) is 3.62. The molecule has 0 amide bonds. The molecule has 2 N–H and O–H groups in total. The van der Waals surface area contributed by atoms with Gasteiger partial charge in [0.15, 0.2) is 0 Å². The number of fused-ring (bicyclic) bond motifs is 3.